The van der Waals surface area contributed by atoms with Gasteiger partial charge in [-0.3, -0.25) is 0 Å². The van der Waals surface area contributed by atoms with Gasteiger partial charge in [0.15, 0.2) is 0 Å². The minimum Gasteiger partial charge on any atom is -0.478 e. The first kappa shape index (κ1) is 11.8. The molecule has 17 heavy (non-hydrogen) atoms. The van der Waals surface area contributed by atoms with E-state index in [0.717, 1.165) is 16.4 Å². The Hall–Kier alpha value is -1.69. The van der Waals surface area contributed by atoms with E-state index in [1.165, 1.54) is 6.33 Å². The van der Waals surface area contributed by atoms with E-state index in [9.17, 15) is 0 Å². The summed E-state index contributed by atoms with van der Waals surface area (Å²) in [4.78, 5) is 12.5. The van der Waals surface area contributed by atoms with E-state index in [4.69, 9.17) is 4.74 Å². The highest BCUT2D eigenvalue weighted by atomic mass is 32.1. The summed E-state index contributed by atoms with van der Waals surface area (Å²) in [5.41, 5.74) is 0.922. The van der Waals surface area contributed by atoms with E-state index < -0.39 is 0 Å². The summed E-state index contributed by atoms with van der Waals surface area (Å²) in [5.74, 6) is 1.42. The van der Waals surface area contributed by atoms with Crippen molar-refractivity contribution in [2.24, 2.45) is 0 Å². The Morgan fingerprint density at radius 3 is 2.94 bits per heavy atom. The van der Waals surface area contributed by atoms with Crippen LogP contribution in [-0.4, -0.2) is 21.6 Å². The van der Waals surface area contributed by atoms with E-state index in [1.54, 1.807) is 17.5 Å². The quantitative estimate of drug-likeness (QED) is 0.882. The highest BCUT2D eigenvalue weighted by Crippen LogP contribution is 2.20. The van der Waals surface area contributed by atoms with Crippen LogP contribution in [0.5, 0.6) is 5.88 Å². The molecule has 0 aliphatic rings. The third-order valence-corrected chi connectivity index (χ3v) is 2.99. The molecule has 1 N–H and O–H groups in total. The van der Waals surface area contributed by atoms with Crippen LogP contribution in [0, 0.1) is 6.92 Å². The van der Waals surface area contributed by atoms with Crippen LogP contribution < -0.4 is 10.1 Å². The minimum atomic E-state index is 0.601. The van der Waals surface area contributed by atoms with Crippen molar-refractivity contribution >= 4 is 17.2 Å². The van der Waals surface area contributed by atoms with E-state index in [1.807, 2.05) is 19.2 Å². The van der Waals surface area contributed by atoms with Crippen molar-refractivity contribution in [2.75, 3.05) is 11.9 Å². The zero-order chi connectivity index (χ0) is 12.1. The second-order valence-electron chi connectivity index (χ2n) is 3.36. The second kappa shape index (κ2) is 5.58. The summed E-state index contributed by atoms with van der Waals surface area (Å²) in [6.07, 6.45) is 3.29. The highest BCUT2D eigenvalue weighted by molar-refractivity contribution is 7.09. The van der Waals surface area contributed by atoms with Crippen LogP contribution in [0.2, 0.25) is 0 Å². The van der Waals surface area contributed by atoms with Crippen molar-refractivity contribution in [3.8, 4) is 5.88 Å². The van der Waals surface area contributed by atoms with Gasteiger partial charge in [0.05, 0.1) is 18.7 Å². The lowest BCUT2D eigenvalue weighted by atomic mass is 10.3. The first-order chi connectivity index (χ1) is 8.31. The van der Waals surface area contributed by atoms with Gasteiger partial charge in [-0.1, -0.05) is 0 Å². The minimum absolute atomic E-state index is 0.601. The number of aromatic nitrogens is 3. The molecule has 0 saturated heterocycles. The third kappa shape index (κ3) is 2.91. The van der Waals surface area contributed by atoms with E-state index in [-0.39, 0.29) is 0 Å². The van der Waals surface area contributed by atoms with Gasteiger partial charge in [-0.2, -0.15) is 0 Å². The Kier molecular flexibility index (Phi) is 3.87. The largest absolute Gasteiger partial charge is 0.478 e. The van der Waals surface area contributed by atoms with Crippen molar-refractivity contribution in [2.45, 2.75) is 20.4 Å². The van der Waals surface area contributed by atoms with Gasteiger partial charge in [0.1, 0.15) is 17.2 Å². The first-order valence-electron chi connectivity index (χ1n) is 5.38. The Bertz CT molecular complexity index is 472. The van der Waals surface area contributed by atoms with Crippen LogP contribution in [0.1, 0.15) is 17.5 Å². The van der Waals surface area contributed by atoms with E-state index in [0.29, 0.717) is 19.0 Å². The molecule has 0 aliphatic carbocycles. The Labute approximate surface area is 104 Å². The zero-order valence-electron chi connectivity index (χ0n) is 9.80. The Morgan fingerprint density at radius 1 is 1.35 bits per heavy atom. The predicted octanol–water partition coefficient (Wildman–Crippen LogP) is 2.25. The number of ether oxygens (including phenoxy) is 1. The van der Waals surface area contributed by atoms with Crippen LogP contribution in [0.15, 0.2) is 17.9 Å². The number of nitrogens with zero attached hydrogens (tertiary/aromatic N) is 3. The maximum Gasteiger partial charge on any atom is 0.221 e. The van der Waals surface area contributed by atoms with Gasteiger partial charge in [-0.05, 0) is 13.8 Å². The molecule has 6 heteroatoms. The van der Waals surface area contributed by atoms with Crippen molar-refractivity contribution in [1.82, 2.24) is 15.0 Å². The summed E-state index contributed by atoms with van der Waals surface area (Å²) in [6.45, 7) is 5.14. The molecule has 0 spiro atoms. The molecule has 2 rings (SSSR count). The molecule has 0 aliphatic heterocycles. The smallest absolute Gasteiger partial charge is 0.221 e. The van der Waals surface area contributed by atoms with Crippen LogP contribution in [0.3, 0.4) is 0 Å². The van der Waals surface area contributed by atoms with Gasteiger partial charge >= 0.3 is 0 Å². The average Bonchev–Trinajstić information content (AvgIpc) is 2.83. The molecule has 5 nitrogen and oxygen atoms in total. The number of hydrogen-bond donors (Lipinski definition) is 1. The molecular weight excluding hydrogens is 236 g/mol. The molecule has 0 atom stereocenters. The van der Waals surface area contributed by atoms with Gasteiger partial charge in [0.2, 0.25) is 5.88 Å². The van der Waals surface area contributed by atoms with Crippen molar-refractivity contribution in [3.05, 3.63) is 28.5 Å². The molecule has 2 aromatic rings. The first-order valence-corrected chi connectivity index (χ1v) is 6.26. The number of thiazole rings is 1. The molecule has 2 aromatic heterocycles. The maximum atomic E-state index is 5.41. The number of rotatable bonds is 5. The number of anilines is 1. The molecule has 0 saturated carbocycles. The van der Waals surface area contributed by atoms with Crippen molar-refractivity contribution in [1.29, 1.82) is 0 Å². The third-order valence-electron chi connectivity index (χ3n) is 2.21. The standard InChI is InChI=1S/C11H14N4OS/c1-3-16-11-8(2)10(14-7-15-11)13-6-9-12-4-5-17-9/h4-5,7H,3,6H2,1-2H3,(H,13,14,15). The number of hydrogen-bond acceptors (Lipinski definition) is 6. The summed E-state index contributed by atoms with van der Waals surface area (Å²) in [6, 6.07) is 0. The Morgan fingerprint density at radius 2 is 2.24 bits per heavy atom. The van der Waals surface area contributed by atoms with Crippen LogP contribution in [-0.2, 0) is 6.54 Å². The predicted molar refractivity (Wildman–Crippen MR) is 67.4 cm³/mol. The lowest BCUT2D eigenvalue weighted by molar-refractivity contribution is 0.324. The fourth-order valence-electron chi connectivity index (χ4n) is 1.39. The van der Waals surface area contributed by atoms with Gasteiger partial charge in [-0.25, -0.2) is 15.0 Å². The Balaban J connectivity index is 2.07. The molecule has 2 heterocycles. The van der Waals surface area contributed by atoms with Gasteiger partial charge < -0.3 is 10.1 Å². The molecule has 0 bridgehead atoms. The second-order valence-corrected chi connectivity index (χ2v) is 4.34. The molecule has 90 valence electrons. The summed E-state index contributed by atoms with van der Waals surface area (Å²) in [5, 5.41) is 6.21. The molecule has 0 fully saturated rings. The fraction of sp³-hybridized carbons (Fsp3) is 0.364. The van der Waals surface area contributed by atoms with Gasteiger partial charge in [0.25, 0.3) is 0 Å². The lowest BCUT2D eigenvalue weighted by Gasteiger charge is -2.10. The van der Waals surface area contributed by atoms with Gasteiger partial charge in [0, 0.05) is 11.6 Å². The SMILES string of the molecule is CCOc1ncnc(NCc2nccs2)c1C. The monoisotopic (exact) mass is 250 g/mol. The number of nitrogens with one attached hydrogen (secondary N) is 1. The molecule has 0 aromatic carbocycles. The molecular formula is C11H14N4OS. The topological polar surface area (TPSA) is 59.9 Å². The fourth-order valence-corrected chi connectivity index (χ4v) is 1.95. The highest BCUT2D eigenvalue weighted by Gasteiger charge is 2.07. The summed E-state index contributed by atoms with van der Waals surface area (Å²) in [7, 11) is 0. The summed E-state index contributed by atoms with van der Waals surface area (Å²) < 4.78 is 5.41. The van der Waals surface area contributed by atoms with Crippen LogP contribution in [0.25, 0.3) is 0 Å². The van der Waals surface area contributed by atoms with Gasteiger partial charge in [-0.15, -0.1) is 11.3 Å². The van der Waals surface area contributed by atoms with Crippen LogP contribution >= 0.6 is 11.3 Å². The molecule has 0 unspecified atom stereocenters. The molecule has 0 radical (unpaired) electrons. The average molecular weight is 250 g/mol. The summed E-state index contributed by atoms with van der Waals surface area (Å²) >= 11 is 1.61. The van der Waals surface area contributed by atoms with Crippen molar-refractivity contribution < 1.29 is 4.74 Å². The maximum absolute atomic E-state index is 5.41. The van der Waals surface area contributed by atoms with Crippen molar-refractivity contribution in [3.63, 3.8) is 0 Å². The lowest BCUT2D eigenvalue weighted by Crippen LogP contribution is -2.06. The normalized spacial score (nSPS) is 10.2. The zero-order valence-corrected chi connectivity index (χ0v) is 10.6. The van der Waals surface area contributed by atoms with Crippen LogP contribution in [0.4, 0.5) is 5.82 Å². The van der Waals surface area contributed by atoms with E-state index >= 15 is 0 Å². The molecule has 0 amide bonds. The van der Waals surface area contributed by atoms with E-state index in [2.05, 4.69) is 20.3 Å².